The van der Waals surface area contributed by atoms with Crippen LogP contribution in [0.5, 0.6) is 0 Å². The van der Waals surface area contributed by atoms with Crippen molar-refractivity contribution in [2.45, 2.75) is 27.7 Å². The maximum Gasteiger partial charge on any atom is 0.354 e. The van der Waals surface area contributed by atoms with Crippen molar-refractivity contribution in [3.63, 3.8) is 0 Å². The fourth-order valence-electron chi connectivity index (χ4n) is 1.01. The molecule has 0 aliphatic rings. The zero-order chi connectivity index (χ0) is 12.6. The molecule has 0 aromatic heterocycles. The number of ether oxygens (including phenoxy) is 1. The molecular weight excluding hydrogens is 231 g/mol. The standard InChI is InChI=1S/C10H19O5P/c1-5-13-10(11)9(4)8-16(12,14-6-2)15-7-3/h8H,5-7H2,1-4H3/b9-8+. The number of carbonyl (C=O) groups excluding carboxylic acids is 1. The van der Waals surface area contributed by atoms with E-state index >= 15 is 0 Å². The molecule has 0 saturated carbocycles. The van der Waals surface area contributed by atoms with Gasteiger partial charge in [0.05, 0.1) is 19.8 Å². The van der Waals surface area contributed by atoms with Gasteiger partial charge in [0.2, 0.25) is 0 Å². The van der Waals surface area contributed by atoms with Crippen molar-refractivity contribution in [2.75, 3.05) is 19.8 Å². The summed E-state index contributed by atoms with van der Waals surface area (Å²) >= 11 is 0. The number of hydrogen-bond acceptors (Lipinski definition) is 5. The highest BCUT2D eigenvalue weighted by Crippen LogP contribution is 2.50. The SMILES string of the molecule is CCOC(=O)/C(C)=C/P(=O)(OCC)OCC. The molecule has 0 aliphatic carbocycles. The minimum absolute atomic E-state index is 0.229. The molecule has 0 heterocycles. The highest BCUT2D eigenvalue weighted by atomic mass is 31.2. The lowest BCUT2D eigenvalue weighted by Crippen LogP contribution is -2.06. The average Bonchev–Trinajstić information content (AvgIpc) is 2.18. The third-order valence-corrected chi connectivity index (χ3v) is 3.51. The summed E-state index contributed by atoms with van der Waals surface area (Å²) in [6.07, 6.45) is 0. The summed E-state index contributed by atoms with van der Waals surface area (Å²) in [5.74, 6) is 0.694. The average molecular weight is 250 g/mol. The molecule has 0 aromatic rings. The Bertz CT molecular complexity index is 288. The van der Waals surface area contributed by atoms with E-state index in [1.165, 1.54) is 12.7 Å². The van der Waals surface area contributed by atoms with Crippen LogP contribution in [0.3, 0.4) is 0 Å². The van der Waals surface area contributed by atoms with Crippen LogP contribution in [-0.2, 0) is 23.1 Å². The van der Waals surface area contributed by atoms with Gasteiger partial charge in [-0.05, 0) is 27.7 Å². The minimum Gasteiger partial charge on any atom is -0.463 e. The molecule has 6 heteroatoms. The summed E-state index contributed by atoms with van der Waals surface area (Å²) in [7, 11) is -3.32. The van der Waals surface area contributed by atoms with E-state index in [4.69, 9.17) is 13.8 Å². The van der Waals surface area contributed by atoms with Gasteiger partial charge in [0.15, 0.2) is 0 Å². The molecule has 0 N–H and O–H groups in total. The summed E-state index contributed by atoms with van der Waals surface area (Å²) in [6.45, 7) is 7.42. The minimum atomic E-state index is -3.32. The Balaban J connectivity index is 4.76. The molecule has 0 fully saturated rings. The number of hydrogen-bond donors (Lipinski definition) is 0. The fraction of sp³-hybridized carbons (Fsp3) is 0.700. The molecule has 0 spiro atoms. The molecule has 94 valence electrons. The molecule has 0 rings (SSSR count). The monoisotopic (exact) mass is 250 g/mol. The van der Waals surface area contributed by atoms with Crippen LogP contribution < -0.4 is 0 Å². The molecule has 0 radical (unpaired) electrons. The lowest BCUT2D eigenvalue weighted by Gasteiger charge is -2.13. The second-order valence-electron chi connectivity index (χ2n) is 2.91. The van der Waals surface area contributed by atoms with Crippen LogP contribution in [0.15, 0.2) is 11.4 Å². The van der Waals surface area contributed by atoms with Crippen molar-refractivity contribution < 1.29 is 23.1 Å². The zero-order valence-corrected chi connectivity index (χ0v) is 11.1. The van der Waals surface area contributed by atoms with Crippen molar-refractivity contribution >= 4 is 13.6 Å². The van der Waals surface area contributed by atoms with Gasteiger partial charge in [-0.3, -0.25) is 4.57 Å². The Labute approximate surface area is 96.3 Å². The van der Waals surface area contributed by atoms with E-state index in [-0.39, 0.29) is 25.4 Å². The summed E-state index contributed by atoms with van der Waals surface area (Å²) in [4.78, 5) is 11.3. The number of esters is 1. The zero-order valence-electron chi connectivity index (χ0n) is 10.2. The van der Waals surface area contributed by atoms with Crippen LogP contribution in [0, 0.1) is 0 Å². The van der Waals surface area contributed by atoms with Gasteiger partial charge in [-0.15, -0.1) is 0 Å². The van der Waals surface area contributed by atoms with Crippen LogP contribution in [-0.4, -0.2) is 25.8 Å². The first-order valence-corrected chi connectivity index (χ1v) is 6.85. The van der Waals surface area contributed by atoms with Crippen LogP contribution in [0.25, 0.3) is 0 Å². The number of rotatable bonds is 7. The van der Waals surface area contributed by atoms with Crippen molar-refractivity contribution in [3.8, 4) is 0 Å². The predicted octanol–water partition coefficient (Wildman–Crippen LogP) is 2.72. The Morgan fingerprint density at radius 2 is 1.62 bits per heavy atom. The summed E-state index contributed by atoms with van der Waals surface area (Å²) in [5, 5.41) is 0. The quantitative estimate of drug-likeness (QED) is 0.395. The molecule has 0 amide bonds. The van der Waals surface area contributed by atoms with Crippen LogP contribution >= 0.6 is 7.60 Å². The third-order valence-electron chi connectivity index (χ3n) is 1.57. The van der Waals surface area contributed by atoms with Gasteiger partial charge >= 0.3 is 13.6 Å². The summed E-state index contributed by atoms with van der Waals surface area (Å²) < 4.78 is 26.8. The van der Waals surface area contributed by atoms with Crippen molar-refractivity contribution in [1.82, 2.24) is 0 Å². The van der Waals surface area contributed by atoms with Crippen LogP contribution in [0.2, 0.25) is 0 Å². The predicted molar refractivity (Wildman–Crippen MR) is 61.2 cm³/mol. The second-order valence-corrected chi connectivity index (χ2v) is 4.76. The maximum atomic E-state index is 12.0. The van der Waals surface area contributed by atoms with Gasteiger partial charge in [-0.2, -0.15) is 0 Å². The first-order chi connectivity index (χ1) is 7.49. The van der Waals surface area contributed by atoms with E-state index in [1.54, 1.807) is 20.8 Å². The molecule has 0 atom stereocenters. The van der Waals surface area contributed by atoms with Crippen molar-refractivity contribution in [2.24, 2.45) is 0 Å². The van der Waals surface area contributed by atoms with E-state index < -0.39 is 13.6 Å². The van der Waals surface area contributed by atoms with E-state index in [2.05, 4.69) is 0 Å². The Morgan fingerprint density at radius 3 is 2.00 bits per heavy atom. The van der Waals surface area contributed by atoms with E-state index in [9.17, 15) is 9.36 Å². The fourth-order valence-corrected chi connectivity index (χ4v) is 2.53. The molecule has 0 saturated heterocycles. The molecule has 5 nitrogen and oxygen atoms in total. The Hall–Kier alpha value is -0.640. The van der Waals surface area contributed by atoms with Gasteiger partial charge in [0.1, 0.15) is 0 Å². The second kappa shape index (κ2) is 7.60. The highest BCUT2D eigenvalue weighted by Gasteiger charge is 2.22. The normalized spacial score (nSPS) is 12.6. The molecule has 0 aliphatic heterocycles. The van der Waals surface area contributed by atoms with Gasteiger partial charge in [0.25, 0.3) is 0 Å². The summed E-state index contributed by atoms with van der Waals surface area (Å²) in [6, 6.07) is 0. The Morgan fingerprint density at radius 1 is 1.12 bits per heavy atom. The van der Waals surface area contributed by atoms with Gasteiger partial charge in [0, 0.05) is 11.4 Å². The van der Waals surface area contributed by atoms with Gasteiger partial charge in [-0.1, -0.05) is 0 Å². The van der Waals surface area contributed by atoms with E-state index in [0.29, 0.717) is 0 Å². The van der Waals surface area contributed by atoms with Crippen LogP contribution in [0.4, 0.5) is 0 Å². The molecule has 16 heavy (non-hydrogen) atoms. The van der Waals surface area contributed by atoms with Gasteiger partial charge in [-0.25, -0.2) is 4.79 Å². The van der Waals surface area contributed by atoms with E-state index in [0.717, 1.165) is 0 Å². The van der Waals surface area contributed by atoms with Gasteiger partial charge < -0.3 is 13.8 Å². The first kappa shape index (κ1) is 15.4. The van der Waals surface area contributed by atoms with Crippen LogP contribution in [0.1, 0.15) is 27.7 Å². The molecule has 0 aromatic carbocycles. The van der Waals surface area contributed by atoms with Crippen molar-refractivity contribution in [3.05, 3.63) is 11.4 Å². The smallest absolute Gasteiger partial charge is 0.354 e. The Kier molecular flexibility index (Phi) is 7.30. The molecule has 0 bridgehead atoms. The first-order valence-electron chi connectivity index (χ1n) is 5.24. The molecule has 0 unspecified atom stereocenters. The third kappa shape index (κ3) is 5.45. The molecular formula is C10H19O5P. The lowest BCUT2D eigenvalue weighted by atomic mass is 10.4. The topological polar surface area (TPSA) is 61.8 Å². The summed E-state index contributed by atoms with van der Waals surface area (Å²) in [5.41, 5.74) is 0.229. The van der Waals surface area contributed by atoms with E-state index in [1.807, 2.05) is 0 Å². The lowest BCUT2D eigenvalue weighted by molar-refractivity contribution is -0.138. The largest absolute Gasteiger partial charge is 0.463 e. The number of carbonyl (C=O) groups is 1. The maximum absolute atomic E-state index is 12.0. The highest BCUT2D eigenvalue weighted by molar-refractivity contribution is 7.57. The van der Waals surface area contributed by atoms with Crippen molar-refractivity contribution in [1.29, 1.82) is 0 Å².